The van der Waals surface area contributed by atoms with Gasteiger partial charge < -0.3 is 9.47 Å². The van der Waals surface area contributed by atoms with Crippen LogP contribution in [-0.2, 0) is 0 Å². The monoisotopic (exact) mass is 358 g/mol. The van der Waals surface area contributed by atoms with E-state index in [1.165, 1.54) is 26.4 Å². The second kappa shape index (κ2) is 7.14. The molecule has 0 fully saturated rings. The first kappa shape index (κ1) is 16.7. The molecule has 2 amide bonds. The molecule has 0 aliphatic rings. The number of carbonyl (C=O) groups is 2. The second-order valence-electron chi connectivity index (χ2n) is 4.98. The molecule has 0 bridgehead atoms. The number of benzene rings is 2. The number of rotatable bonds is 4. The van der Waals surface area contributed by atoms with Gasteiger partial charge in [-0.05, 0) is 30.3 Å². The van der Waals surface area contributed by atoms with E-state index in [2.05, 4.69) is 19.6 Å². The third-order valence-electron chi connectivity index (χ3n) is 3.42. The smallest absolute Gasteiger partial charge is 0.269 e. The van der Waals surface area contributed by atoms with Crippen LogP contribution in [0.5, 0.6) is 11.5 Å². The van der Waals surface area contributed by atoms with Crippen LogP contribution in [0.1, 0.15) is 20.7 Å². The number of hydrazine groups is 1. The van der Waals surface area contributed by atoms with Crippen LogP contribution in [0.25, 0.3) is 11.0 Å². The van der Waals surface area contributed by atoms with Crippen LogP contribution in [0.4, 0.5) is 0 Å². The Morgan fingerprint density at radius 3 is 2.08 bits per heavy atom. The maximum Gasteiger partial charge on any atom is 0.269 e. The highest BCUT2D eigenvalue weighted by molar-refractivity contribution is 7.00. The summed E-state index contributed by atoms with van der Waals surface area (Å²) in [6, 6.07) is 9.64. The van der Waals surface area contributed by atoms with Gasteiger partial charge in [-0.15, -0.1) is 0 Å². The maximum absolute atomic E-state index is 12.2. The quantitative estimate of drug-likeness (QED) is 0.689. The van der Waals surface area contributed by atoms with Crippen LogP contribution in [0.3, 0.4) is 0 Å². The minimum absolute atomic E-state index is 0.288. The first-order valence-electron chi connectivity index (χ1n) is 7.17. The number of nitrogens with one attached hydrogen (secondary N) is 2. The van der Waals surface area contributed by atoms with Crippen molar-refractivity contribution < 1.29 is 19.1 Å². The van der Waals surface area contributed by atoms with Crippen LogP contribution in [0, 0.1) is 0 Å². The molecule has 1 heterocycles. The third kappa shape index (κ3) is 3.66. The van der Waals surface area contributed by atoms with Crippen molar-refractivity contribution in [3.05, 3.63) is 47.5 Å². The van der Waals surface area contributed by atoms with Gasteiger partial charge in [0.05, 0.1) is 25.9 Å². The molecule has 25 heavy (non-hydrogen) atoms. The Bertz CT molecular complexity index is 919. The zero-order valence-electron chi connectivity index (χ0n) is 13.4. The number of methoxy groups -OCH3 is 2. The predicted octanol–water partition coefficient (Wildman–Crippen LogP) is 1.78. The predicted molar refractivity (Wildman–Crippen MR) is 91.9 cm³/mol. The van der Waals surface area contributed by atoms with Crippen molar-refractivity contribution in [2.24, 2.45) is 0 Å². The molecule has 2 aromatic carbocycles. The summed E-state index contributed by atoms with van der Waals surface area (Å²) < 4.78 is 18.4. The lowest BCUT2D eigenvalue weighted by Crippen LogP contribution is -2.41. The Morgan fingerprint density at radius 2 is 1.44 bits per heavy atom. The number of ether oxygens (including phenoxy) is 2. The molecule has 0 saturated carbocycles. The Labute approximate surface area is 147 Å². The van der Waals surface area contributed by atoms with Crippen LogP contribution >= 0.6 is 11.7 Å². The van der Waals surface area contributed by atoms with Gasteiger partial charge in [0.2, 0.25) is 0 Å². The van der Waals surface area contributed by atoms with Crippen LogP contribution in [0.15, 0.2) is 36.4 Å². The lowest BCUT2D eigenvalue weighted by atomic mass is 10.2. The standard InChI is InChI=1S/C16H14N4O4S/c1-23-11-5-10(6-12(8-11)24-2)16(22)18-17-15(21)9-3-4-13-14(7-9)20-25-19-13/h3-8H,1-2H3,(H,17,21)(H,18,22). The summed E-state index contributed by atoms with van der Waals surface area (Å²) in [5.74, 6) is -0.0188. The molecule has 0 radical (unpaired) electrons. The van der Waals surface area contributed by atoms with Gasteiger partial charge in [0.1, 0.15) is 22.5 Å². The number of amides is 2. The highest BCUT2D eigenvalue weighted by Crippen LogP contribution is 2.22. The summed E-state index contributed by atoms with van der Waals surface area (Å²) in [6.45, 7) is 0. The molecule has 0 saturated heterocycles. The van der Waals surface area contributed by atoms with Gasteiger partial charge in [0, 0.05) is 17.2 Å². The molecule has 1 aromatic heterocycles. The first-order valence-corrected chi connectivity index (χ1v) is 7.90. The molecule has 2 N–H and O–H groups in total. The van der Waals surface area contributed by atoms with E-state index in [1.807, 2.05) is 0 Å². The molecule has 8 nitrogen and oxygen atoms in total. The van der Waals surface area contributed by atoms with Gasteiger partial charge in [0.15, 0.2) is 0 Å². The van der Waals surface area contributed by atoms with Crippen LogP contribution in [0.2, 0.25) is 0 Å². The van der Waals surface area contributed by atoms with Crippen molar-refractivity contribution in [3.63, 3.8) is 0 Å². The Morgan fingerprint density at radius 1 is 0.840 bits per heavy atom. The van der Waals surface area contributed by atoms with Crippen molar-refractivity contribution in [2.75, 3.05) is 14.2 Å². The molecule has 3 rings (SSSR count). The highest BCUT2D eigenvalue weighted by atomic mass is 32.1. The van der Waals surface area contributed by atoms with Crippen molar-refractivity contribution in [3.8, 4) is 11.5 Å². The van der Waals surface area contributed by atoms with E-state index in [0.29, 0.717) is 28.1 Å². The van der Waals surface area contributed by atoms with Gasteiger partial charge in [-0.3, -0.25) is 20.4 Å². The molecule has 9 heteroatoms. The maximum atomic E-state index is 12.2. The lowest BCUT2D eigenvalue weighted by molar-refractivity contribution is 0.0846. The van der Waals surface area contributed by atoms with Crippen molar-refractivity contribution in [1.29, 1.82) is 0 Å². The highest BCUT2D eigenvalue weighted by Gasteiger charge is 2.12. The average Bonchev–Trinajstić information content (AvgIpc) is 3.12. The molecule has 0 aliphatic heterocycles. The largest absolute Gasteiger partial charge is 0.497 e. The Balaban J connectivity index is 1.70. The van der Waals surface area contributed by atoms with E-state index in [1.54, 1.807) is 24.3 Å². The number of aromatic nitrogens is 2. The van der Waals surface area contributed by atoms with E-state index < -0.39 is 11.8 Å². The fourth-order valence-electron chi connectivity index (χ4n) is 2.12. The molecular formula is C16H14N4O4S. The lowest BCUT2D eigenvalue weighted by Gasteiger charge is -2.10. The minimum atomic E-state index is -0.498. The van der Waals surface area contributed by atoms with E-state index in [0.717, 1.165) is 11.7 Å². The van der Waals surface area contributed by atoms with Gasteiger partial charge in [-0.2, -0.15) is 8.75 Å². The first-order chi connectivity index (χ1) is 12.1. The zero-order valence-corrected chi connectivity index (χ0v) is 14.2. The van der Waals surface area contributed by atoms with E-state index in [-0.39, 0.29) is 5.56 Å². The molecule has 0 aliphatic carbocycles. The molecule has 0 unspecified atom stereocenters. The van der Waals surface area contributed by atoms with Gasteiger partial charge in [-0.25, -0.2) is 0 Å². The molecular weight excluding hydrogens is 344 g/mol. The molecule has 3 aromatic rings. The summed E-state index contributed by atoms with van der Waals surface area (Å²) in [5.41, 5.74) is 6.72. The molecule has 0 atom stereocenters. The SMILES string of the molecule is COc1cc(OC)cc(C(=O)NNC(=O)c2ccc3nsnc3c2)c1. The molecule has 128 valence electrons. The zero-order chi connectivity index (χ0) is 17.8. The van der Waals surface area contributed by atoms with E-state index in [4.69, 9.17) is 9.47 Å². The Kier molecular flexibility index (Phi) is 4.75. The summed E-state index contributed by atoms with van der Waals surface area (Å²) in [6.07, 6.45) is 0. The van der Waals surface area contributed by atoms with Gasteiger partial charge >= 0.3 is 0 Å². The number of hydrogen-bond donors (Lipinski definition) is 2. The second-order valence-corrected chi connectivity index (χ2v) is 5.51. The van der Waals surface area contributed by atoms with Gasteiger partial charge in [0.25, 0.3) is 11.8 Å². The fraction of sp³-hybridized carbons (Fsp3) is 0.125. The molecule has 0 spiro atoms. The average molecular weight is 358 g/mol. The number of fused-ring (bicyclic) bond motifs is 1. The van der Waals surface area contributed by atoms with Crippen LogP contribution in [-0.4, -0.2) is 34.8 Å². The van der Waals surface area contributed by atoms with E-state index >= 15 is 0 Å². The topological polar surface area (TPSA) is 102 Å². The normalized spacial score (nSPS) is 10.3. The van der Waals surface area contributed by atoms with Crippen molar-refractivity contribution >= 4 is 34.6 Å². The van der Waals surface area contributed by atoms with Crippen molar-refractivity contribution in [2.45, 2.75) is 0 Å². The number of hydrogen-bond acceptors (Lipinski definition) is 7. The number of carbonyl (C=O) groups excluding carboxylic acids is 2. The van der Waals surface area contributed by atoms with Crippen molar-refractivity contribution in [1.82, 2.24) is 19.6 Å². The fourth-order valence-corrected chi connectivity index (χ4v) is 2.64. The summed E-state index contributed by atoms with van der Waals surface area (Å²) >= 11 is 1.07. The van der Waals surface area contributed by atoms with Crippen LogP contribution < -0.4 is 20.3 Å². The van der Waals surface area contributed by atoms with Gasteiger partial charge in [-0.1, -0.05) is 0 Å². The van der Waals surface area contributed by atoms with E-state index in [9.17, 15) is 9.59 Å². The third-order valence-corrected chi connectivity index (χ3v) is 3.98. The minimum Gasteiger partial charge on any atom is -0.497 e. The Hall–Kier alpha value is -3.20. The number of nitrogens with zero attached hydrogens (tertiary/aromatic N) is 2. The summed E-state index contributed by atoms with van der Waals surface area (Å²) in [7, 11) is 2.98. The summed E-state index contributed by atoms with van der Waals surface area (Å²) in [5, 5.41) is 0. The summed E-state index contributed by atoms with van der Waals surface area (Å²) in [4.78, 5) is 24.4.